The van der Waals surface area contributed by atoms with Gasteiger partial charge in [0.05, 0.1) is 31.7 Å². The molecule has 1 saturated carbocycles. The fraction of sp³-hybridized carbons (Fsp3) is 0.538. The van der Waals surface area contributed by atoms with Gasteiger partial charge in [-0.15, -0.1) is 0 Å². The Morgan fingerprint density at radius 3 is 2.38 bits per heavy atom. The van der Waals surface area contributed by atoms with E-state index in [4.69, 9.17) is 23.7 Å². The van der Waals surface area contributed by atoms with Gasteiger partial charge in [-0.1, -0.05) is 13.0 Å². The summed E-state index contributed by atoms with van der Waals surface area (Å²) in [5.74, 6) is -4.91. The second-order valence-electron chi connectivity index (χ2n) is 9.84. The number of hydrogen-bond donors (Lipinski definition) is 7. The largest absolute Gasteiger partial charge is 0.504 e. The SMILES string of the molecule is COC(=O)C1=COC(OC2OC(CO)C(O)C(O)C2O)C2C(C)C(OC(=O)C=Cc3ccc(O)c(O)c3)C(O)C12. The number of carbonyl (C=O) groups excluding carboxylic acids is 2. The van der Waals surface area contributed by atoms with Crippen LogP contribution in [0, 0.1) is 17.8 Å². The van der Waals surface area contributed by atoms with Crippen LogP contribution in [0.3, 0.4) is 0 Å². The average Bonchev–Trinajstić information content (AvgIpc) is 3.19. The predicted octanol–water partition coefficient (Wildman–Crippen LogP) is -1.50. The first-order valence-corrected chi connectivity index (χ1v) is 12.5. The Kier molecular flexibility index (Phi) is 8.99. The van der Waals surface area contributed by atoms with Gasteiger partial charge in [0.15, 0.2) is 17.8 Å². The molecule has 220 valence electrons. The van der Waals surface area contributed by atoms with Gasteiger partial charge in [-0.3, -0.25) is 0 Å². The van der Waals surface area contributed by atoms with Crippen molar-refractivity contribution in [1.82, 2.24) is 0 Å². The van der Waals surface area contributed by atoms with Gasteiger partial charge in [-0.2, -0.15) is 0 Å². The van der Waals surface area contributed by atoms with Gasteiger partial charge in [-0.05, 0) is 23.8 Å². The summed E-state index contributed by atoms with van der Waals surface area (Å²) in [7, 11) is 1.14. The van der Waals surface area contributed by atoms with Crippen molar-refractivity contribution >= 4 is 18.0 Å². The van der Waals surface area contributed by atoms with E-state index in [-0.39, 0.29) is 17.1 Å². The molecule has 0 spiro atoms. The number of fused-ring (bicyclic) bond motifs is 1. The molecule has 0 bridgehead atoms. The lowest BCUT2D eigenvalue weighted by atomic mass is 9.82. The number of hydrogen-bond acceptors (Lipinski definition) is 14. The summed E-state index contributed by atoms with van der Waals surface area (Å²) >= 11 is 0. The fourth-order valence-corrected chi connectivity index (χ4v) is 5.30. The summed E-state index contributed by atoms with van der Waals surface area (Å²) in [6, 6.07) is 3.92. The number of aliphatic hydroxyl groups excluding tert-OH is 5. The van der Waals surface area contributed by atoms with E-state index in [1.165, 1.54) is 24.3 Å². The molecular weight excluding hydrogens is 536 g/mol. The standard InChI is InChI=1S/C26H32O14/c1-10-17-18(20(32)23(10)39-16(30)6-4-11-3-5-13(28)14(29)7-11)12(24(35)36-2)9-37-25(17)40-26-22(34)21(33)19(31)15(8-27)38-26/h3-7,9-10,15,17-23,25-29,31-34H,8H2,1-2H3. The maximum absolute atomic E-state index is 12.6. The Bertz CT molecular complexity index is 1150. The Morgan fingerprint density at radius 1 is 1.00 bits per heavy atom. The summed E-state index contributed by atoms with van der Waals surface area (Å²) in [5.41, 5.74) is 0.340. The Balaban J connectivity index is 1.55. The lowest BCUT2D eigenvalue weighted by Gasteiger charge is -2.43. The average molecular weight is 569 g/mol. The first kappa shape index (κ1) is 29.7. The minimum atomic E-state index is -1.73. The van der Waals surface area contributed by atoms with Gasteiger partial charge >= 0.3 is 11.9 Å². The van der Waals surface area contributed by atoms with Crippen molar-refractivity contribution in [3.05, 3.63) is 41.7 Å². The number of ether oxygens (including phenoxy) is 5. The molecular formula is C26H32O14. The molecule has 40 heavy (non-hydrogen) atoms. The molecule has 11 unspecified atom stereocenters. The molecule has 14 nitrogen and oxygen atoms in total. The van der Waals surface area contributed by atoms with Crippen LogP contribution in [0.4, 0.5) is 0 Å². The lowest BCUT2D eigenvalue weighted by molar-refractivity contribution is -0.343. The van der Waals surface area contributed by atoms with Crippen molar-refractivity contribution in [3.63, 3.8) is 0 Å². The topological polar surface area (TPSA) is 222 Å². The maximum Gasteiger partial charge on any atom is 0.337 e. The lowest BCUT2D eigenvalue weighted by Crippen LogP contribution is -2.60. The minimum Gasteiger partial charge on any atom is -0.504 e. The van der Waals surface area contributed by atoms with Crippen LogP contribution < -0.4 is 0 Å². The number of phenolic OH excluding ortho intramolecular Hbond substituents is 2. The van der Waals surface area contributed by atoms with E-state index in [1.54, 1.807) is 6.92 Å². The highest BCUT2D eigenvalue weighted by molar-refractivity contribution is 5.89. The van der Waals surface area contributed by atoms with Gasteiger partial charge in [0, 0.05) is 23.8 Å². The minimum absolute atomic E-state index is 0.0471. The number of benzene rings is 1. The van der Waals surface area contributed by atoms with Crippen LogP contribution in [0.5, 0.6) is 11.5 Å². The molecule has 1 aliphatic carbocycles. The summed E-state index contributed by atoms with van der Waals surface area (Å²) in [6.45, 7) is 0.944. The number of aliphatic hydroxyl groups is 5. The van der Waals surface area contributed by atoms with E-state index in [2.05, 4.69) is 0 Å². The zero-order valence-corrected chi connectivity index (χ0v) is 21.5. The van der Waals surface area contributed by atoms with E-state index in [0.29, 0.717) is 5.56 Å². The Morgan fingerprint density at radius 2 is 1.73 bits per heavy atom. The Labute approximate surface area is 228 Å². The molecule has 4 rings (SSSR count). The number of rotatable bonds is 7. The normalized spacial score (nSPS) is 37.4. The van der Waals surface area contributed by atoms with Crippen molar-refractivity contribution in [2.75, 3.05) is 13.7 Å². The van der Waals surface area contributed by atoms with Crippen LogP contribution in [0.25, 0.3) is 6.08 Å². The molecule has 0 amide bonds. The smallest absolute Gasteiger partial charge is 0.337 e. The highest BCUT2D eigenvalue weighted by atomic mass is 16.8. The second-order valence-corrected chi connectivity index (χ2v) is 9.84. The van der Waals surface area contributed by atoms with Crippen LogP contribution in [0.2, 0.25) is 0 Å². The third kappa shape index (κ3) is 5.65. The molecule has 3 aliphatic rings. The van der Waals surface area contributed by atoms with E-state index >= 15 is 0 Å². The zero-order valence-electron chi connectivity index (χ0n) is 21.5. The molecule has 2 heterocycles. The van der Waals surface area contributed by atoms with Gasteiger partial charge in [0.1, 0.15) is 30.5 Å². The number of phenols is 2. The van der Waals surface area contributed by atoms with Crippen LogP contribution >= 0.6 is 0 Å². The summed E-state index contributed by atoms with van der Waals surface area (Å²) in [5, 5.41) is 70.3. The Hall–Kier alpha value is -3.24. The second kappa shape index (κ2) is 12.1. The molecule has 1 aromatic carbocycles. The van der Waals surface area contributed by atoms with Crippen molar-refractivity contribution < 1.29 is 69.0 Å². The number of carbonyl (C=O) groups is 2. The van der Waals surface area contributed by atoms with Crippen molar-refractivity contribution in [2.24, 2.45) is 17.8 Å². The molecule has 7 N–H and O–H groups in total. The molecule has 14 heteroatoms. The van der Waals surface area contributed by atoms with E-state index in [0.717, 1.165) is 19.4 Å². The number of esters is 2. The fourth-order valence-electron chi connectivity index (χ4n) is 5.30. The zero-order chi connectivity index (χ0) is 29.3. The van der Waals surface area contributed by atoms with Gasteiger partial charge in [0.25, 0.3) is 0 Å². The summed E-state index contributed by atoms with van der Waals surface area (Å²) < 4.78 is 27.1. The van der Waals surface area contributed by atoms with Gasteiger partial charge in [-0.25, -0.2) is 9.59 Å². The van der Waals surface area contributed by atoms with E-state index in [1.807, 2.05) is 0 Å². The molecule has 1 saturated heterocycles. The van der Waals surface area contributed by atoms with Gasteiger partial charge in [0.2, 0.25) is 6.29 Å². The van der Waals surface area contributed by atoms with E-state index < -0.39 is 85.5 Å². The number of methoxy groups -OCH3 is 1. The molecule has 11 atom stereocenters. The highest BCUT2D eigenvalue weighted by Crippen LogP contribution is 2.49. The quantitative estimate of drug-likeness (QED) is 0.113. The first-order valence-electron chi connectivity index (χ1n) is 12.5. The molecule has 0 radical (unpaired) electrons. The molecule has 2 aliphatic heterocycles. The van der Waals surface area contributed by atoms with Crippen molar-refractivity contribution in [2.45, 2.75) is 56.1 Å². The van der Waals surface area contributed by atoms with Crippen LogP contribution in [-0.4, -0.2) is 111 Å². The van der Waals surface area contributed by atoms with Crippen molar-refractivity contribution in [3.8, 4) is 11.5 Å². The summed E-state index contributed by atoms with van der Waals surface area (Å²) in [4.78, 5) is 25.1. The number of aromatic hydroxyl groups is 2. The molecule has 1 aromatic rings. The van der Waals surface area contributed by atoms with Gasteiger partial charge < -0.3 is 59.4 Å². The third-order valence-electron chi connectivity index (χ3n) is 7.45. The van der Waals surface area contributed by atoms with Crippen LogP contribution in [0.15, 0.2) is 36.1 Å². The molecule has 2 fully saturated rings. The maximum atomic E-state index is 12.6. The third-order valence-corrected chi connectivity index (χ3v) is 7.45. The summed E-state index contributed by atoms with van der Waals surface area (Å²) in [6.07, 6.45) is -8.30. The van der Waals surface area contributed by atoms with Crippen LogP contribution in [-0.2, 0) is 33.3 Å². The molecule has 0 aromatic heterocycles. The van der Waals surface area contributed by atoms with E-state index in [9.17, 15) is 45.3 Å². The first-order chi connectivity index (χ1) is 19.0. The van der Waals surface area contributed by atoms with Crippen molar-refractivity contribution in [1.29, 1.82) is 0 Å². The monoisotopic (exact) mass is 568 g/mol. The highest BCUT2D eigenvalue weighted by Gasteiger charge is 2.59. The predicted molar refractivity (Wildman–Crippen MR) is 131 cm³/mol. The van der Waals surface area contributed by atoms with Crippen LogP contribution in [0.1, 0.15) is 12.5 Å².